The molecule has 3 heterocycles. The highest BCUT2D eigenvalue weighted by atomic mass is 35.5. The quantitative estimate of drug-likeness (QED) is 0.412. The number of imidazole rings is 1. The molecule has 166 valence electrons. The monoisotopic (exact) mass is 490 g/mol. The van der Waals surface area contributed by atoms with Crippen LogP contribution >= 0.6 is 34.8 Å². The van der Waals surface area contributed by atoms with E-state index in [1.165, 1.54) is 0 Å². The summed E-state index contributed by atoms with van der Waals surface area (Å²) in [5.74, 6) is 2.33. The van der Waals surface area contributed by atoms with Gasteiger partial charge in [0.2, 0.25) is 6.79 Å². The number of ether oxygens (including phenoxy) is 2. The average molecular weight is 492 g/mol. The van der Waals surface area contributed by atoms with E-state index in [4.69, 9.17) is 49.4 Å². The van der Waals surface area contributed by atoms with E-state index in [0.717, 1.165) is 53.5 Å². The Balaban J connectivity index is 1.54. The summed E-state index contributed by atoms with van der Waals surface area (Å²) >= 11 is 19.2. The lowest BCUT2D eigenvalue weighted by Gasteiger charge is -2.23. The molecule has 0 fully saturated rings. The second-order valence-electron chi connectivity index (χ2n) is 7.80. The number of anilines is 1. The summed E-state index contributed by atoms with van der Waals surface area (Å²) in [6.45, 7) is 2.38. The zero-order valence-corrected chi connectivity index (χ0v) is 19.6. The molecule has 0 spiro atoms. The molecular weight excluding hydrogens is 471 g/mol. The lowest BCUT2D eigenvalue weighted by atomic mass is 10.0. The first-order valence-corrected chi connectivity index (χ1v) is 11.6. The molecule has 2 aliphatic heterocycles. The second-order valence-corrected chi connectivity index (χ2v) is 9.03. The number of aryl methyl sites for hydroxylation is 1. The van der Waals surface area contributed by atoms with Crippen LogP contribution in [0, 0.1) is 0 Å². The first kappa shape index (κ1) is 21.4. The molecule has 5 rings (SSSR count). The molecular formula is C23H21Cl3N4O2. The molecule has 9 heteroatoms. The predicted molar refractivity (Wildman–Crippen MR) is 128 cm³/mol. The van der Waals surface area contributed by atoms with Crippen LogP contribution < -0.4 is 14.5 Å². The van der Waals surface area contributed by atoms with Gasteiger partial charge < -0.3 is 14.5 Å². The van der Waals surface area contributed by atoms with Gasteiger partial charge in [0.1, 0.15) is 11.9 Å². The smallest absolute Gasteiger partial charge is 0.231 e. The van der Waals surface area contributed by atoms with Gasteiger partial charge in [0.25, 0.3) is 0 Å². The molecule has 1 atom stereocenters. The maximum Gasteiger partial charge on any atom is 0.231 e. The average Bonchev–Trinajstić information content (AvgIpc) is 3.48. The largest absolute Gasteiger partial charge is 0.454 e. The van der Waals surface area contributed by atoms with Crippen LogP contribution in [0.25, 0.3) is 0 Å². The maximum absolute atomic E-state index is 6.58. The van der Waals surface area contributed by atoms with Gasteiger partial charge in [0.05, 0.1) is 17.1 Å². The van der Waals surface area contributed by atoms with E-state index in [0.29, 0.717) is 27.4 Å². The van der Waals surface area contributed by atoms with Crippen LogP contribution in [0.3, 0.4) is 0 Å². The molecule has 0 bridgehead atoms. The summed E-state index contributed by atoms with van der Waals surface area (Å²) in [4.78, 5) is 7.98. The van der Waals surface area contributed by atoms with Gasteiger partial charge in [0, 0.05) is 28.5 Å². The number of nitrogens with one attached hydrogen (secondary N) is 1. The number of benzene rings is 2. The maximum atomic E-state index is 6.58. The predicted octanol–water partition coefficient (Wildman–Crippen LogP) is 6.80. The Kier molecular flexibility index (Phi) is 5.93. The topological polar surface area (TPSA) is 62.7 Å². The van der Waals surface area contributed by atoms with Crippen molar-refractivity contribution in [1.29, 1.82) is 0 Å². The molecule has 32 heavy (non-hydrogen) atoms. The van der Waals surface area contributed by atoms with Crippen LogP contribution in [-0.2, 0) is 6.42 Å². The lowest BCUT2D eigenvalue weighted by molar-refractivity contribution is 0.174. The number of hydrogen-bond donors (Lipinski definition) is 1. The summed E-state index contributed by atoms with van der Waals surface area (Å²) in [6, 6.07) is 11.0. The molecule has 0 radical (unpaired) electrons. The second kappa shape index (κ2) is 8.85. The van der Waals surface area contributed by atoms with Crippen molar-refractivity contribution in [3.63, 3.8) is 0 Å². The minimum Gasteiger partial charge on any atom is -0.454 e. The summed E-state index contributed by atoms with van der Waals surface area (Å²) in [5, 5.41) is 8.38. The number of H-pyrrole nitrogens is 1. The van der Waals surface area contributed by atoms with Gasteiger partial charge in [-0.15, -0.1) is 0 Å². The number of halogens is 3. The van der Waals surface area contributed by atoms with E-state index < -0.39 is 0 Å². The Hall–Kier alpha value is -2.41. The van der Waals surface area contributed by atoms with Crippen LogP contribution in [0.1, 0.15) is 49.3 Å². The van der Waals surface area contributed by atoms with Crippen molar-refractivity contribution < 1.29 is 9.47 Å². The molecule has 3 aromatic rings. The minimum absolute atomic E-state index is 0.180. The van der Waals surface area contributed by atoms with E-state index in [2.05, 4.69) is 16.9 Å². The van der Waals surface area contributed by atoms with Crippen molar-refractivity contribution in [3.05, 3.63) is 68.7 Å². The lowest BCUT2D eigenvalue weighted by Crippen LogP contribution is -2.19. The third-order valence-electron chi connectivity index (χ3n) is 5.56. The van der Waals surface area contributed by atoms with Crippen molar-refractivity contribution in [3.8, 4) is 11.5 Å². The first-order valence-electron chi connectivity index (χ1n) is 10.5. The van der Waals surface area contributed by atoms with Crippen molar-refractivity contribution in [2.45, 2.75) is 38.6 Å². The highest BCUT2D eigenvalue weighted by Gasteiger charge is 2.34. The van der Waals surface area contributed by atoms with Crippen molar-refractivity contribution in [2.24, 2.45) is 5.10 Å². The highest BCUT2D eigenvalue weighted by molar-refractivity contribution is 6.35. The Morgan fingerprint density at radius 1 is 1.06 bits per heavy atom. The SMILES string of the molecule is CCCCc1nc(Cl)c(C2CC(c3ccc4c(c3)OCO4)=NN2c2cc(Cl)cc(Cl)c2)[nH]1. The number of hydrazone groups is 1. The molecule has 2 aliphatic rings. The molecule has 0 saturated heterocycles. The fourth-order valence-electron chi connectivity index (χ4n) is 3.99. The van der Waals surface area contributed by atoms with Gasteiger partial charge in [-0.2, -0.15) is 5.10 Å². The molecule has 0 amide bonds. The van der Waals surface area contributed by atoms with Crippen LogP contribution in [0.15, 0.2) is 41.5 Å². The molecule has 6 nitrogen and oxygen atoms in total. The number of aromatic amines is 1. The summed E-state index contributed by atoms with van der Waals surface area (Å²) in [6.07, 6.45) is 3.60. The van der Waals surface area contributed by atoms with Gasteiger partial charge in [0.15, 0.2) is 16.7 Å². The van der Waals surface area contributed by atoms with E-state index >= 15 is 0 Å². The van der Waals surface area contributed by atoms with Crippen LogP contribution in [0.2, 0.25) is 15.2 Å². The van der Waals surface area contributed by atoms with Gasteiger partial charge in [-0.25, -0.2) is 4.98 Å². The minimum atomic E-state index is -0.180. The van der Waals surface area contributed by atoms with E-state index in [9.17, 15) is 0 Å². The Morgan fingerprint density at radius 3 is 2.62 bits per heavy atom. The zero-order valence-electron chi connectivity index (χ0n) is 17.4. The number of rotatable bonds is 6. The van der Waals surface area contributed by atoms with Gasteiger partial charge in [-0.1, -0.05) is 48.1 Å². The Bertz CT molecular complexity index is 1170. The van der Waals surface area contributed by atoms with E-state index in [1.54, 1.807) is 6.07 Å². The fraction of sp³-hybridized carbons (Fsp3) is 0.304. The third-order valence-corrected chi connectivity index (χ3v) is 6.29. The van der Waals surface area contributed by atoms with Crippen LogP contribution in [0.4, 0.5) is 5.69 Å². The van der Waals surface area contributed by atoms with Gasteiger partial charge >= 0.3 is 0 Å². The number of aromatic nitrogens is 2. The number of hydrogen-bond acceptors (Lipinski definition) is 5. The molecule has 0 aliphatic carbocycles. The normalized spacial score (nSPS) is 17.2. The van der Waals surface area contributed by atoms with Gasteiger partial charge in [-0.05, 0) is 42.8 Å². The van der Waals surface area contributed by atoms with Crippen molar-refractivity contribution in [2.75, 3.05) is 11.8 Å². The molecule has 2 aromatic carbocycles. The fourth-order valence-corrected chi connectivity index (χ4v) is 4.78. The van der Waals surface area contributed by atoms with Gasteiger partial charge in [-0.3, -0.25) is 5.01 Å². The van der Waals surface area contributed by atoms with Crippen molar-refractivity contribution in [1.82, 2.24) is 9.97 Å². The van der Waals surface area contributed by atoms with Crippen LogP contribution in [0.5, 0.6) is 11.5 Å². The molecule has 1 N–H and O–H groups in total. The summed E-state index contributed by atoms with van der Waals surface area (Å²) in [5.41, 5.74) is 3.46. The number of unbranched alkanes of at least 4 members (excludes halogenated alkanes) is 1. The molecule has 1 aromatic heterocycles. The number of nitrogens with zero attached hydrogens (tertiary/aromatic N) is 3. The third kappa shape index (κ3) is 4.15. The van der Waals surface area contributed by atoms with Crippen molar-refractivity contribution >= 4 is 46.2 Å². The highest BCUT2D eigenvalue weighted by Crippen LogP contribution is 2.41. The Labute approximate surface area is 201 Å². The van der Waals surface area contributed by atoms with E-state index in [1.807, 2.05) is 35.3 Å². The number of fused-ring (bicyclic) bond motifs is 1. The summed E-state index contributed by atoms with van der Waals surface area (Å²) in [7, 11) is 0. The summed E-state index contributed by atoms with van der Waals surface area (Å²) < 4.78 is 11.0. The molecule has 1 unspecified atom stereocenters. The first-order chi connectivity index (χ1) is 15.5. The van der Waals surface area contributed by atoms with E-state index in [-0.39, 0.29) is 12.8 Å². The standard InChI is InChI=1S/C23H21Cl3N4O2/c1-2-3-4-21-27-22(23(26)28-21)18-11-17(13-5-6-19-20(7-13)32-12-31-19)29-30(18)16-9-14(24)8-15(25)10-16/h5-10,18H,2-4,11-12H2,1H3,(H,27,28). The Morgan fingerprint density at radius 2 is 1.84 bits per heavy atom. The zero-order chi connectivity index (χ0) is 22.2. The molecule has 0 saturated carbocycles. The van der Waals surface area contributed by atoms with Crippen LogP contribution in [-0.4, -0.2) is 22.5 Å².